The molecule has 0 spiro atoms. The Morgan fingerprint density at radius 3 is 1.06 bits per heavy atom. The first-order chi connectivity index (χ1) is 26.2. The highest BCUT2D eigenvalue weighted by Crippen LogP contribution is 2.42. The maximum Gasteiger partial charge on any atom is 0.126 e. The molecule has 0 atom stereocenters. The van der Waals surface area contributed by atoms with E-state index in [4.69, 9.17) is 18.9 Å². The smallest absolute Gasteiger partial charge is 0.126 e. The van der Waals surface area contributed by atoms with Gasteiger partial charge in [-0.1, -0.05) is 107 Å². The molecule has 1 aliphatic carbocycles. The van der Waals surface area contributed by atoms with Crippen LogP contribution < -0.4 is 18.9 Å². The van der Waals surface area contributed by atoms with Gasteiger partial charge < -0.3 is 18.9 Å². The van der Waals surface area contributed by atoms with Gasteiger partial charge in [-0.15, -0.1) is 0 Å². The van der Waals surface area contributed by atoms with Gasteiger partial charge >= 0.3 is 0 Å². The molecule has 0 saturated heterocycles. The summed E-state index contributed by atoms with van der Waals surface area (Å²) < 4.78 is 29.0. The number of hydrogen-bond donors (Lipinski definition) is 0. The summed E-state index contributed by atoms with van der Waals surface area (Å²) in [6.45, 7) is 15.6. The Morgan fingerprint density at radius 2 is 0.704 bits per heavy atom. The zero-order valence-corrected chi connectivity index (χ0v) is 36.0. The van der Waals surface area contributed by atoms with Crippen molar-refractivity contribution >= 4 is 31.9 Å². The third-order valence-corrected chi connectivity index (χ3v) is 10.6. The number of aryl methyl sites for hydroxylation is 2. The molecule has 5 aromatic carbocycles. The first-order valence-corrected chi connectivity index (χ1v) is 21.3. The molecule has 1 aliphatic rings. The van der Waals surface area contributed by atoms with E-state index in [0.717, 1.165) is 102 Å². The lowest BCUT2D eigenvalue weighted by Gasteiger charge is -2.24. The maximum absolute atomic E-state index is 6.81. The molecule has 284 valence electrons. The summed E-state index contributed by atoms with van der Waals surface area (Å²) in [5, 5.41) is 0. The standard InChI is InChI=1S/C48H54Br2O4/c1-7-14-51-45-33-12-11-13-34(45)22-40-28-44(50)30-42(48(40)54-17-10-4)26-38-24-36(35-19-31(5)18-32(6)20-35)23-37(46(38)52-15-8-2)25-41-29-43(49)27-39(21-33)47(41)53-16-9-3/h11-13,18-20,23-24,27-30H,7-10,14-17,21-22,25-26H2,1-6H3. The van der Waals surface area contributed by atoms with Gasteiger partial charge in [0.05, 0.1) is 26.4 Å². The normalized spacial score (nSPS) is 12.4. The van der Waals surface area contributed by atoms with Crippen LogP contribution in [0.15, 0.2) is 81.7 Å². The Labute approximate surface area is 339 Å². The van der Waals surface area contributed by atoms with Gasteiger partial charge in [-0.05, 0) is 109 Å². The van der Waals surface area contributed by atoms with Crippen LogP contribution >= 0.6 is 31.9 Å². The van der Waals surface area contributed by atoms with Crippen molar-refractivity contribution in [3.8, 4) is 34.1 Å². The Hall–Kier alpha value is -3.74. The van der Waals surface area contributed by atoms with Crippen LogP contribution in [0.5, 0.6) is 23.0 Å². The number of fused-ring (bicyclic) bond motifs is 8. The number of benzene rings is 5. The van der Waals surface area contributed by atoms with Crippen LogP contribution in [0.4, 0.5) is 0 Å². The second kappa shape index (κ2) is 18.7. The average molecular weight is 855 g/mol. The van der Waals surface area contributed by atoms with Crippen LogP contribution in [0.1, 0.15) is 109 Å². The van der Waals surface area contributed by atoms with E-state index in [1.54, 1.807) is 0 Å². The monoisotopic (exact) mass is 852 g/mol. The zero-order valence-electron chi connectivity index (χ0n) is 32.8. The van der Waals surface area contributed by atoms with Crippen molar-refractivity contribution < 1.29 is 18.9 Å². The fourth-order valence-electron chi connectivity index (χ4n) is 7.57. The molecule has 0 amide bonds. The minimum Gasteiger partial charge on any atom is -0.493 e. The quantitative estimate of drug-likeness (QED) is 0.116. The largest absolute Gasteiger partial charge is 0.493 e. The van der Waals surface area contributed by atoms with E-state index in [1.165, 1.54) is 22.3 Å². The number of halogens is 2. The lowest BCUT2D eigenvalue weighted by Crippen LogP contribution is -2.10. The Bertz CT molecular complexity index is 1960. The predicted octanol–water partition coefficient (Wildman–Crippen LogP) is 13.3. The van der Waals surface area contributed by atoms with Crippen LogP contribution in [0.2, 0.25) is 0 Å². The lowest BCUT2D eigenvalue weighted by atomic mass is 9.89. The molecule has 0 saturated carbocycles. The van der Waals surface area contributed by atoms with E-state index in [9.17, 15) is 0 Å². The molecule has 0 unspecified atom stereocenters. The third kappa shape index (κ3) is 9.55. The molecule has 6 heteroatoms. The Balaban J connectivity index is 1.68. The molecular formula is C48H54Br2O4. The highest BCUT2D eigenvalue weighted by atomic mass is 79.9. The summed E-state index contributed by atoms with van der Waals surface area (Å²) in [5.41, 5.74) is 14.0. The van der Waals surface area contributed by atoms with Gasteiger partial charge in [-0.2, -0.15) is 0 Å². The predicted molar refractivity (Wildman–Crippen MR) is 230 cm³/mol. The molecule has 8 bridgehead atoms. The van der Waals surface area contributed by atoms with E-state index < -0.39 is 0 Å². The van der Waals surface area contributed by atoms with Crippen molar-refractivity contribution in [3.05, 3.63) is 137 Å². The second-order valence-electron chi connectivity index (χ2n) is 14.6. The van der Waals surface area contributed by atoms with Crippen LogP contribution in [0.3, 0.4) is 0 Å². The molecule has 0 aromatic heterocycles. The molecule has 6 rings (SSSR count). The van der Waals surface area contributed by atoms with E-state index in [-0.39, 0.29) is 0 Å². The van der Waals surface area contributed by atoms with E-state index in [2.05, 4.69) is 146 Å². The fraction of sp³-hybridized carbons (Fsp3) is 0.375. The molecule has 4 nitrogen and oxygen atoms in total. The Kier molecular flexibility index (Phi) is 13.9. The zero-order chi connectivity index (χ0) is 38.2. The first kappa shape index (κ1) is 39.9. The van der Waals surface area contributed by atoms with Crippen molar-refractivity contribution in [2.45, 2.75) is 92.9 Å². The minimum absolute atomic E-state index is 0.629. The fourth-order valence-corrected chi connectivity index (χ4v) is 8.67. The van der Waals surface area contributed by atoms with Gasteiger partial charge in [-0.25, -0.2) is 0 Å². The average Bonchev–Trinajstić information content (AvgIpc) is 3.12. The van der Waals surface area contributed by atoms with Crippen molar-refractivity contribution in [2.75, 3.05) is 26.4 Å². The van der Waals surface area contributed by atoms with Crippen molar-refractivity contribution in [2.24, 2.45) is 0 Å². The van der Waals surface area contributed by atoms with Gasteiger partial charge in [0.2, 0.25) is 0 Å². The van der Waals surface area contributed by atoms with Crippen LogP contribution in [-0.4, -0.2) is 26.4 Å². The van der Waals surface area contributed by atoms with Crippen LogP contribution in [0.25, 0.3) is 11.1 Å². The van der Waals surface area contributed by atoms with Gasteiger partial charge in [0.25, 0.3) is 0 Å². The number of rotatable bonds is 13. The van der Waals surface area contributed by atoms with Gasteiger partial charge in [0.1, 0.15) is 23.0 Å². The third-order valence-electron chi connectivity index (χ3n) is 9.72. The van der Waals surface area contributed by atoms with Gasteiger partial charge in [0.15, 0.2) is 0 Å². The number of ether oxygens (including phenoxy) is 4. The molecular weight excluding hydrogens is 800 g/mol. The van der Waals surface area contributed by atoms with Crippen LogP contribution in [0, 0.1) is 13.8 Å². The summed E-state index contributed by atoms with van der Waals surface area (Å²) in [7, 11) is 0. The summed E-state index contributed by atoms with van der Waals surface area (Å²) in [4.78, 5) is 0. The van der Waals surface area contributed by atoms with Crippen molar-refractivity contribution in [3.63, 3.8) is 0 Å². The van der Waals surface area contributed by atoms with Crippen molar-refractivity contribution in [1.29, 1.82) is 0 Å². The van der Waals surface area contributed by atoms with E-state index >= 15 is 0 Å². The topological polar surface area (TPSA) is 36.9 Å². The molecule has 0 heterocycles. The maximum atomic E-state index is 6.81. The SMILES string of the molecule is CCCOc1c2cccc1Cc1cc(Br)cc(c1OCCC)Cc1cc(-c3cc(C)cc(C)c3)cc(c1OCCC)Cc1cc(Br)cc(c1OCCC)C2. The lowest BCUT2D eigenvalue weighted by molar-refractivity contribution is 0.304. The molecule has 0 N–H and O–H groups in total. The molecule has 0 fully saturated rings. The minimum atomic E-state index is 0.629. The second-order valence-corrected chi connectivity index (χ2v) is 16.4. The molecule has 0 radical (unpaired) electrons. The Morgan fingerprint density at radius 1 is 0.407 bits per heavy atom. The van der Waals surface area contributed by atoms with Crippen LogP contribution in [-0.2, 0) is 25.7 Å². The summed E-state index contributed by atoms with van der Waals surface area (Å²) in [6, 6.07) is 27.0. The van der Waals surface area contributed by atoms with Gasteiger partial charge in [-0.3, -0.25) is 0 Å². The van der Waals surface area contributed by atoms with Gasteiger partial charge in [0, 0.05) is 56.9 Å². The highest BCUT2D eigenvalue weighted by molar-refractivity contribution is 9.10. The van der Waals surface area contributed by atoms with E-state index in [1.807, 2.05) is 0 Å². The summed E-state index contributed by atoms with van der Waals surface area (Å²) in [5.74, 6) is 3.80. The molecule has 5 aromatic rings. The summed E-state index contributed by atoms with van der Waals surface area (Å²) >= 11 is 7.83. The molecule has 54 heavy (non-hydrogen) atoms. The van der Waals surface area contributed by atoms with Crippen molar-refractivity contribution in [1.82, 2.24) is 0 Å². The van der Waals surface area contributed by atoms with E-state index in [0.29, 0.717) is 52.1 Å². The highest BCUT2D eigenvalue weighted by Gasteiger charge is 2.24. The number of para-hydroxylation sites is 1. The first-order valence-electron chi connectivity index (χ1n) is 19.7. The summed E-state index contributed by atoms with van der Waals surface area (Å²) in [6.07, 6.45) is 6.33. The molecule has 0 aliphatic heterocycles. The number of hydrogen-bond acceptors (Lipinski definition) is 4.